The summed E-state index contributed by atoms with van der Waals surface area (Å²) in [4.78, 5) is 2.94. The van der Waals surface area contributed by atoms with Gasteiger partial charge in [-0.05, 0) is 56.8 Å². The second kappa shape index (κ2) is 9.49. The van der Waals surface area contributed by atoms with Crippen LogP contribution in [0.25, 0.3) is 10.8 Å². The first kappa shape index (κ1) is 19.3. The van der Waals surface area contributed by atoms with E-state index >= 15 is 0 Å². The van der Waals surface area contributed by atoms with Crippen LogP contribution in [0.15, 0.2) is 47.4 Å². The van der Waals surface area contributed by atoms with E-state index in [4.69, 9.17) is 0 Å². The lowest BCUT2D eigenvalue weighted by Crippen LogP contribution is -2.30. The molecule has 1 saturated heterocycles. The van der Waals surface area contributed by atoms with Gasteiger partial charge in [0.25, 0.3) is 0 Å². The van der Waals surface area contributed by atoms with Crippen LogP contribution in [0.2, 0.25) is 0 Å². The van der Waals surface area contributed by atoms with Crippen LogP contribution < -0.4 is 4.72 Å². The smallest absolute Gasteiger partial charge is 0.241 e. The first-order valence-corrected chi connectivity index (χ1v) is 11.3. The highest BCUT2D eigenvalue weighted by Crippen LogP contribution is 2.22. The van der Waals surface area contributed by atoms with Crippen molar-refractivity contribution in [3.8, 4) is 0 Å². The zero-order valence-corrected chi connectivity index (χ0v) is 16.3. The fraction of sp³-hybridized carbons (Fsp3) is 0.524. The van der Waals surface area contributed by atoms with E-state index in [0.29, 0.717) is 11.4 Å². The molecule has 0 amide bonds. The number of piperidine rings is 1. The third-order valence-electron chi connectivity index (χ3n) is 5.18. The van der Waals surface area contributed by atoms with Crippen molar-refractivity contribution < 1.29 is 8.42 Å². The molecule has 1 N–H and O–H groups in total. The number of rotatable bonds is 9. The molecule has 1 fully saturated rings. The van der Waals surface area contributed by atoms with Gasteiger partial charge in [-0.25, -0.2) is 13.1 Å². The molecule has 0 saturated carbocycles. The van der Waals surface area contributed by atoms with Crippen LogP contribution in [0.3, 0.4) is 0 Å². The average Bonchev–Trinajstić information content (AvgIpc) is 2.67. The molecular formula is C21H30N2O2S. The fourth-order valence-electron chi connectivity index (χ4n) is 3.71. The standard InChI is InChI=1S/C21H30N2O2S/c24-26(25,21-14-10-12-19-11-4-5-13-20(19)21)22-15-6-1-2-7-16-23-17-8-3-9-18-23/h4-5,10-14,22H,1-3,6-9,15-18H2. The Hall–Kier alpha value is -1.43. The van der Waals surface area contributed by atoms with E-state index in [0.717, 1.165) is 23.6 Å². The van der Waals surface area contributed by atoms with Crippen LogP contribution in [0.5, 0.6) is 0 Å². The van der Waals surface area contributed by atoms with Crippen molar-refractivity contribution in [1.29, 1.82) is 0 Å². The summed E-state index contributed by atoms with van der Waals surface area (Å²) in [7, 11) is -3.45. The van der Waals surface area contributed by atoms with Crippen molar-refractivity contribution in [2.75, 3.05) is 26.2 Å². The first-order valence-electron chi connectivity index (χ1n) is 9.87. The second-order valence-electron chi connectivity index (χ2n) is 7.19. The van der Waals surface area contributed by atoms with E-state index in [9.17, 15) is 8.42 Å². The van der Waals surface area contributed by atoms with E-state index in [-0.39, 0.29) is 0 Å². The summed E-state index contributed by atoms with van der Waals surface area (Å²) in [6.45, 7) is 4.21. The highest BCUT2D eigenvalue weighted by molar-refractivity contribution is 7.89. The van der Waals surface area contributed by atoms with E-state index in [1.807, 2.05) is 30.3 Å². The molecule has 0 aliphatic carbocycles. The molecule has 26 heavy (non-hydrogen) atoms. The van der Waals surface area contributed by atoms with Crippen molar-refractivity contribution in [3.63, 3.8) is 0 Å². The van der Waals surface area contributed by atoms with Crippen molar-refractivity contribution in [3.05, 3.63) is 42.5 Å². The molecule has 0 aromatic heterocycles. The Balaban J connectivity index is 1.41. The van der Waals surface area contributed by atoms with Crippen LogP contribution in [-0.2, 0) is 10.0 Å². The van der Waals surface area contributed by atoms with Crippen molar-refractivity contribution in [2.45, 2.75) is 49.8 Å². The third kappa shape index (κ3) is 5.29. The summed E-state index contributed by atoms with van der Waals surface area (Å²) >= 11 is 0. The van der Waals surface area contributed by atoms with Crippen molar-refractivity contribution in [2.24, 2.45) is 0 Å². The minimum atomic E-state index is -3.45. The van der Waals surface area contributed by atoms with Gasteiger partial charge < -0.3 is 4.90 Å². The quantitative estimate of drug-likeness (QED) is 0.670. The number of benzene rings is 2. The summed E-state index contributed by atoms with van der Waals surface area (Å²) < 4.78 is 28.0. The lowest BCUT2D eigenvalue weighted by molar-refractivity contribution is 0.224. The molecule has 0 bridgehead atoms. The van der Waals surface area contributed by atoms with E-state index in [2.05, 4.69) is 9.62 Å². The summed E-state index contributed by atoms with van der Waals surface area (Å²) in [6, 6.07) is 13.0. The summed E-state index contributed by atoms with van der Waals surface area (Å²) in [6.07, 6.45) is 8.43. The zero-order valence-electron chi connectivity index (χ0n) is 15.5. The molecule has 3 rings (SSSR count). The van der Waals surface area contributed by atoms with Crippen LogP contribution in [-0.4, -0.2) is 39.5 Å². The van der Waals surface area contributed by atoms with E-state index in [1.54, 1.807) is 12.1 Å². The Labute approximate surface area is 157 Å². The molecular weight excluding hydrogens is 344 g/mol. The number of unbranched alkanes of at least 4 members (excludes halogenated alkanes) is 3. The summed E-state index contributed by atoms with van der Waals surface area (Å²) in [5, 5.41) is 1.73. The topological polar surface area (TPSA) is 49.4 Å². The molecule has 1 heterocycles. The number of nitrogens with one attached hydrogen (secondary N) is 1. The largest absolute Gasteiger partial charge is 0.303 e. The van der Waals surface area contributed by atoms with E-state index < -0.39 is 10.0 Å². The van der Waals surface area contributed by atoms with Gasteiger partial charge in [0, 0.05) is 11.9 Å². The maximum atomic E-state index is 12.6. The predicted octanol–water partition coefficient (Wildman–Crippen LogP) is 4.16. The molecule has 4 nitrogen and oxygen atoms in total. The van der Waals surface area contributed by atoms with Gasteiger partial charge in [-0.3, -0.25) is 0 Å². The fourth-order valence-corrected chi connectivity index (χ4v) is 5.01. The van der Waals surface area contributed by atoms with Gasteiger partial charge in [-0.1, -0.05) is 55.7 Å². The highest BCUT2D eigenvalue weighted by Gasteiger charge is 2.16. The van der Waals surface area contributed by atoms with Gasteiger partial charge in [-0.2, -0.15) is 0 Å². The monoisotopic (exact) mass is 374 g/mol. The normalized spacial score (nSPS) is 16.2. The van der Waals surface area contributed by atoms with E-state index in [1.165, 1.54) is 51.7 Å². The van der Waals surface area contributed by atoms with Gasteiger partial charge in [0.05, 0.1) is 4.90 Å². The molecule has 5 heteroatoms. The summed E-state index contributed by atoms with van der Waals surface area (Å²) in [5.41, 5.74) is 0. The maximum Gasteiger partial charge on any atom is 0.241 e. The third-order valence-corrected chi connectivity index (χ3v) is 6.70. The van der Waals surface area contributed by atoms with Crippen molar-refractivity contribution in [1.82, 2.24) is 9.62 Å². The minimum Gasteiger partial charge on any atom is -0.303 e. The SMILES string of the molecule is O=S(=O)(NCCCCCCN1CCCCC1)c1cccc2ccccc12. The Morgan fingerprint density at radius 1 is 0.846 bits per heavy atom. The average molecular weight is 375 g/mol. The Morgan fingerprint density at radius 2 is 1.58 bits per heavy atom. The highest BCUT2D eigenvalue weighted by atomic mass is 32.2. The van der Waals surface area contributed by atoms with Gasteiger partial charge in [0.1, 0.15) is 0 Å². The number of nitrogens with zero attached hydrogens (tertiary/aromatic N) is 1. The Morgan fingerprint density at radius 3 is 2.42 bits per heavy atom. The summed E-state index contributed by atoms with van der Waals surface area (Å²) in [5.74, 6) is 0. The van der Waals surface area contributed by atoms with Crippen LogP contribution in [0.4, 0.5) is 0 Å². The molecule has 0 spiro atoms. The number of hydrogen-bond donors (Lipinski definition) is 1. The molecule has 2 aromatic carbocycles. The van der Waals surface area contributed by atoms with Crippen LogP contribution in [0.1, 0.15) is 44.9 Å². The molecule has 1 aliphatic heterocycles. The van der Waals surface area contributed by atoms with Gasteiger partial charge in [0.2, 0.25) is 10.0 Å². The number of sulfonamides is 1. The zero-order chi connectivity index (χ0) is 18.2. The Bertz CT molecular complexity index is 793. The minimum absolute atomic E-state index is 0.376. The number of hydrogen-bond acceptors (Lipinski definition) is 3. The molecule has 1 aliphatic rings. The molecule has 0 unspecified atom stereocenters. The Kier molecular flexibility index (Phi) is 7.06. The first-order chi connectivity index (χ1) is 12.7. The molecule has 142 valence electrons. The maximum absolute atomic E-state index is 12.6. The lowest BCUT2D eigenvalue weighted by Gasteiger charge is -2.26. The molecule has 0 radical (unpaired) electrons. The van der Waals surface area contributed by atoms with Crippen molar-refractivity contribution >= 4 is 20.8 Å². The predicted molar refractivity (Wildman–Crippen MR) is 108 cm³/mol. The second-order valence-corrected chi connectivity index (χ2v) is 8.93. The number of fused-ring (bicyclic) bond motifs is 1. The lowest BCUT2D eigenvalue weighted by atomic mass is 10.1. The van der Waals surface area contributed by atoms with Gasteiger partial charge in [-0.15, -0.1) is 0 Å². The van der Waals surface area contributed by atoms with Crippen LogP contribution in [0, 0.1) is 0 Å². The molecule has 2 aromatic rings. The van der Waals surface area contributed by atoms with Gasteiger partial charge >= 0.3 is 0 Å². The van der Waals surface area contributed by atoms with Gasteiger partial charge in [0.15, 0.2) is 0 Å². The molecule has 0 atom stereocenters. The number of likely N-dealkylation sites (tertiary alicyclic amines) is 1. The van der Waals surface area contributed by atoms with Crippen LogP contribution >= 0.6 is 0 Å².